The van der Waals surface area contributed by atoms with E-state index in [1.54, 1.807) is 13.2 Å². The van der Waals surface area contributed by atoms with Crippen LogP contribution in [0.15, 0.2) is 24.4 Å². The van der Waals surface area contributed by atoms with Crippen LogP contribution in [-0.4, -0.2) is 36.3 Å². The Kier molecular flexibility index (Phi) is 3.84. The van der Waals surface area contributed by atoms with E-state index < -0.39 is 5.97 Å². The van der Waals surface area contributed by atoms with Crippen molar-refractivity contribution < 1.29 is 19.1 Å². The van der Waals surface area contributed by atoms with Gasteiger partial charge in [-0.2, -0.15) is 5.10 Å². The lowest BCUT2D eigenvalue weighted by molar-refractivity contribution is 0.0591. The maximum absolute atomic E-state index is 11.6. The van der Waals surface area contributed by atoms with Crippen molar-refractivity contribution >= 4 is 12.3 Å². The van der Waals surface area contributed by atoms with Crippen molar-refractivity contribution in [3.63, 3.8) is 0 Å². The summed E-state index contributed by atoms with van der Waals surface area (Å²) in [4.78, 5) is 22.6. The maximum atomic E-state index is 11.6. The molecule has 0 unspecified atom stereocenters. The fourth-order valence-electron chi connectivity index (χ4n) is 1.83. The highest BCUT2D eigenvalue weighted by Crippen LogP contribution is 2.24. The first kappa shape index (κ1) is 13.8. The summed E-state index contributed by atoms with van der Waals surface area (Å²) in [6, 6.07) is 5.54. The molecular weight excluding hydrogens is 260 g/mol. The van der Waals surface area contributed by atoms with Crippen LogP contribution in [0.4, 0.5) is 0 Å². The zero-order valence-corrected chi connectivity index (χ0v) is 11.4. The van der Waals surface area contributed by atoms with Gasteiger partial charge in [-0.3, -0.25) is 4.79 Å². The van der Waals surface area contributed by atoms with Crippen molar-refractivity contribution in [2.75, 3.05) is 14.2 Å². The molecule has 0 saturated carbocycles. The van der Waals surface area contributed by atoms with Gasteiger partial charge >= 0.3 is 5.97 Å². The van der Waals surface area contributed by atoms with Gasteiger partial charge in [-0.25, -0.2) is 9.48 Å². The molecule has 0 spiro atoms. The van der Waals surface area contributed by atoms with E-state index in [9.17, 15) is 9.59 Å². The molecule has 1 aromatic carbocycles. The van der Waals surface area contributed by atoms with Crippen molar-refractivity contribution in [1.82, 2.24) is 9.78 Å². The van der Waals surface area contributed by atoms with Gasteiger partial charge in [0.25, 0.3) is 0 Å². The molecule has 1 heterocycles. The molecule has 0 aliphatic heterocycles. The SMILES string of the molecule is COC(=O)c1nn(-c2cc(C)ccc2OC)cc1C=O. The number of nitrogens with zero attached hydrogens (tertiary/aromatic N) is 2. The van der Waals surface area contributed by atoms with Gasteiger partial charge in [0.15, 0.2) is 12.0 Å². The van der Waals surface area contributed by atoms with Crippen LogP contribution in [-0.2, 0) is 4.74 Å². The summed E-state index contributed by atoms with van der Waals surface area (Å²) in [5.74, 6) is -0.0653. The third-order valence-electron chi connectivity index (χ3n) is 2.83. The fourth-order valence-corrected chi connectivity index (χ4v) is 1.83. The van der Waals surface area contributed by atoms with E-state index in [0.29, 0.717) is 17.7 Å². The summed E-state index contributed by atoms with van der Waals surface area (Å²) in [5, 5.41) is 4.10. The number of benzene rings is 1. The molecule has 0 amide bonds. The minimum atomic E-state index is -0.655. The van der Waals surface area contributed by atoms with Crippen molar-refractivity contribution in [2.24, 2.45) is 0 Å². The van der Waals surface area contributed by atoms with Crippen LogP contribution >= 0.6 is 0 Å². The highest BCUT2D eigenvalue weighted by Gasteiger charge is 2.18. The van der Waals surface area contributed by atoms with Gasteiger partial charge in [-0.15, -0.1) is 0 Å². The highest BCUT2D eigenvalue weighted by atomic mass is 16.5. The normalized spacial score (nSPS) is 10.2. The van der Waals surface area contributed by atoms with Gasteiger partial charge in [0.2, 0.25) is 0 Å². The number of methoxy groups -OCH3 is 2. The molecule has 0 fully saturated rings. The van der Waals surface area contributed by atoms with Crippen LogP contribution in [0, 0.1) is 6.92 Å². The topological polar surface area (TPSA) is 70.4 Å². The Labute approximate surface area is 115 Å². The molecule has 0 saturated heterocycles. The summed E-state index contributed by atoms with van der Waals surface area (Å²) in [6.07, 6.45) is 2.04. The number of aryl methyl sites for hydroxylation is 1. The first-order valence-corrected chi connectivity index (χ1v) is 5.89. The first-order chi connectivity index (χ1) is 9.60. The number of aldehydes is 1. The molecule has 6 heteroatoms. The molecule has 0 radical (unpaired) electrons. The monoisotopic (exact) mass is 274 g/mol. The lowest BCUT2D eigenvalue weighted by Gasteiger charge is -2.09. The van der Waals surface area contributed by atoms with E-state index >= 15 is 0 Å². The third kappa shape index (κ3) is 2.40. The third-order valence-corrected chi connectivity index (χ3v) is 2.83. The molecular formula is C14H14N2O4. The minimum absolute atomic E-state index is 0.0222. The van der Waals surface area contributed by atoms with E-state index in [1.807, 2.05) is 19.1 Å². The predicted molar refractivity (Wildman–Crippen MR) is 71.6 cm³/mol. The van der Waals surface area contributed by atoms with Crippen molar-refractivity contribution in [2.45, 2.75) is 6.92 Å². The van der Waals surface area contributed by atoms with Crippen LogP contribution in [0.1, 0.15) is 26.4 Å². The second kappa shape index (κ2) is 5.56. The van der Waals surface area contributed by atoms with Crippen LogP contribution in [0.5, 0.6) is 5.75 Å². The number of hydrogen-bond donors (Lipinski definition) is 0. The zero-order valence-electron chi connectivity index (χ0n) is 11.4. The summed E-state index contributed by atoms with van der Waals surface area (Å²) in [5.41, 5.74) is 1.79. The Morgan fingerprint density at radius 1 is 1.35 bits per heavy atom. The Morgan fingerprint density at radius 2 is 2.10 bits per heavy atom. The molecule has 0 bridgehead atoms. The van der Waals surface area contributed by atoms with Gasteiger partial charge in [-0.1, -0.05) is 6.07 Å². The summed E-state index contributed by atoms with van der Waals surface area (Å²) < 4.78 is 11.3. The molecule has 0 aliphatic rings. The molecule has 2 rings (SSSR count). The molecule has 0 atom stereocenters. The largest absolute Gasteiger partial charge is 0.494 e. The van der Waals surface area contributed by atoms with Crippen molar-refractivity contribution in [1.29, 1.82) is 0 Å². The van der Waals surface area contributed by atoms with E-state index in [4.69, 9.17) is 4.74 Å². The van der Waals surface area contributed by atoms with Crippen molar-refractivity contribution in [3.05, 3.63) is 41.2 Å². The highest BCUT2D eigenvalue weighted by molar-refractivity contribution is 5.96. The number of esters is 1. The molecule has 2 aromatic rings. The van der Waals surface area contributed by atoms with Crippen LogP contribution in [0.3, 0.4) is 0 Å². The van der Waals surface area contributed by atoms with Gasteiger partial charge < -0.3 is 9.47 Å². The molecule has 0 aliphatic carbocycles. The van der Waals surface area contributed by atoms with E-state index in [1.165, 1.54) is 18.0 Å². The predicted octanol–water partition coefficient (Wildman–Crippen LogP) is 1.79. The average molecular weight is 274 g/mol. The van der Waals surface area contributed by atoms with Crippen LogP contribution in [0.25, 0.3) is 5.69 Å². The Balaban J connectivity index is 2.59. The van der Waals surface area contributed by atoms with Gasteiger partial charge in [0.05, 0.1) is 19.8 Å². The number of hydrogen-bond acceptors (Lipinski definition) is 5. The molecule has 0 N–H and O–H groups in total. The Hall–Kier alpha value is -2.63. The van der Waals surface area contributed by atoms with E-state index in [2.05, 4.69) is 9.84 Å². The molecule has 20 heavy (non-hydrogen) atoms. The second-order valence-electron chi connectivity index (χ2n) is 4.16. The number of aromatic nitrogens is 2. The summed E-state index contributed by atoms with van der Waals surface area (Å²) in [7, 11) is 2.78. The second-order valence-corrected chi connectivity index (χ2v) is 4.16. The zero-order chi connectivity index (χ0) is 14.7. The number of carbonyl (C=O) groups is 2. The Bertz CT molecular complexity index is 661. The maximum Gasteiger partial charge on any atom is 0.359 e. The summed E-state index contributed by atoms with van der Waals surface area (Å²) in [6.45, 7) is 1.92. The van der Waals surface area contributed by atoms with Crippen LogP contribution < -0.4 is 4.74 Å². The lowest BCUT2D eigenvalue weighted by Crippen LogP contribution is -2.06. The Morgan fingerprint density at radius 3 is 2.70 bits per heavy atom. The average Bonchev–Trinajstić information content (AvgIpc) is 2.90. The molecule has 6 nitrogen and oxygen atoms in total. The summed E-state index contributed by atoms with van der Waals surface area (Å²) >= 11 is 0. The minimum Gasteiger partial charge on any atom is -0.494 e. The standard InChI is InChI=1S/C14H14N2O4/c1-9-4-5-12(19-2)11(6-9)16-7-10(8-17)13(15-16)14(18)20-3/h4-8H,1-3H3. The quantitative estimate of drug-likeness (QED) is 0.628. The first-order valence-electron chi connectivity index (χ1n) is 5.89. The smallest absolute Gasteiger partial charge is 0.359 e. The van der Waals surface area contributed by atoms with E-state index in [0.717, 1.165) is 5.56 Å². The number of rotatable bonds is 4. The van der Waals surface area contributed by atoms with E-state index in [-0.39, 0.29) is 11.3 Å². The van der Waals surface area contributed by atoms with Gasteiger partial charge in [0.1, 0.15) is 11.4 Å². The van der Waals surface area contributed by atoms with Gasteiger partial charge in [0, 0.05) is 6.20 Å². The molecule has 104 valence electrons. The molecule has 1 aromatic heterocycles. The lowest BCUT2D eigenvalue weighted by atomic mass is 10.2. The van der Waals surface area contributed by atoms with Crippen molar-refractivity contribution in [3.8, 4) is 11.4 Å². The van der Waals surface area contributed by atoms with Crippen LogP contribution in [0.2, 0.25) is 0 Å². The number of carbonyl (C=O) groups excluding carboxylic acids is 2. The van der Waals surface area contributed by atoms with Gasteiger partial charge in [-0.05, 0) is 24.6 Å². The number of ether oxygens (including phenoxy) is 2. The fraction of sp³-hybridized carbons (Fsp3) is 0.214.